The van der Waals surface area contributed by atoms with Crippen molar-refractivity contribution in [3.8, 4) is 0 Å². The van der Waals surface area contributed by atoms with Gasteiger partial charge in [-0.1, -0.05) is 45.9 Å². The Kier molecular flexibility index (Phi) is 10.2. The highest BCUT2D eigenvalue weighted by molar-refractivity contribution is 6.04. The fraction of sp³-hybridized carbons (Fsp3) is 0.129. The zero-order chi connectivity index (χ0) is 26.5. The summed E-state index contributed by atoms with van der Waals surface area (Å²) in [7, 11) is 0. The maximum Gasteiger partial charge on any atom is 0.255 e. The molecule has 5 aromatic rings. The van der Waals surface area contributed by atoms with Crippen LogP contribution in [-0.4, -0.2) is 15.9 Å². The molecule has 0 saturated heterocycles. The van der Waals surface area contributed by atoms with E-state index in [-0.39, 0.29) is 5.91 Å². The van der Waals surface area contributed by atoms with Crippen LogP contribution in [0, 0.1) is 0 Å². The molecule has 6 heteroatoms. The molecule has 0 aliphatic heterocycles. The molecule has 2 aromatic heterocycles. The molecule has 0 spiro atoms. The number of para-hydroxylation sites is 1. The van der Waals surface area contributed by atoms with Gasteiger partial charge in [0.2, 0.25) is 0 Å². The van der Waals surface area contributed by atoms with E-state index < -0.39 is 0 Å². The molecule has 0 saturated carbocycles. The van der Waals surface area contributed by atoms with Gasteiger partial charge in [-0.2, -0.15) is 0 Å². The largest absolute Gasteiger partial charge is 0.355 e. The molecule has 3 aromatic carbocycles. The lowest BCUT2D eigenvalue weighted by Crippen LogP contribution is -2.11. The van der Waals surface area contributed by atoms with E-state index in [0.717, 1.165) is 39.3 Å². The molecule has 0 aliphatic carbocycles. The summed E-state index contributed by atoms with van der Waals surface area (Å²) in [5.74, 6) is -0.161. The highest BCUT2D eigenvalue weighted by Crippen LogP contribution is 2.25. The summed E-state index contributed by atoms with van der Waals surface area (Å²) in [5, 5.41) is 10.7. The van der Waals surface area contributed by atoms with E-state index in [2.05, 4.69) is 25.9 Å². The van der Waals surface area contributed by atoms with Crippen molar-refractivity contribution >= 4 is 45.2 Å². The summed E-state index contributed by atoms with van der Waals surface area (Å²) in [6, 6.07) is 28.7. The van der Waals surface area contributed by atoms with Gasteiger partial charge in [0.05, 0.1) is 5.52 Å². The molecule has 0 aliphatic rings. The molecule has 6 nitrogen and oxygen atoms in total. The third-order valence-electron chi connectivity index (χ3n) is 5.19. The minimum Gasteiger partial charge on any atom is -0.355 e. The van der Waals surface area contributed by atoms with Crippen LogP contribution in [0.25, 0.3) is 10.9 Å². The lowest BCUT2D eigenvalue weighted by molar-refractivity contribution is 0.102. The number of carbonyl (C=O) groups is 1. The third kappa shape index (κ3) is 7.39. The van der Waals surface area contributed by atoms with Gasteiger partial charge < -0.3 is 16.0 Å². The molecule has 188 valence electrons. The number of fused-ring (bicyclic) bond motifs is 1. The zero-order valence-electron chi connectivity index (χ0n) is 21.7. The van der Waals surface area contributed by atoms with Crippen molar-refractivity contribution < 1.29 is 4.79 Å². The number of benzene rings is 3. The van der Waals surface area contributed by atoms with Crippen molar-refractivity contribution in [3.63, 3.8) is 0 Å². The Hall–Kier alpha value is -4.71. The number of hydrogen-bond donors (Lipinski definition) is 3. The van der Waals surface area contributed by atoms with E-state index >= 15 is 0 Å². The van der Waals surface area contributed by atoms with E-state index in [4.69, 9.17) is 0 Å². The molecule has 0 atom stereocenters. The molecular weight excluding hydrogens is 458 g/mol. The minimum atomic E-state index is -0.161. The monoisotopic (exact) mass is 491 g/mol. The van der Waals surface area contributed by atoms with Crippen LogP contribution in [0.15, 0.2) is 110 Å². The van der Waals surface area contributed by atoms with Crippen molar-refractivity contribution in [1.82, 2.24) is 9.97 Å². The van der Waals surface area contributed by atoms with E-state index in [1.54, 1.807) is 30.7 Å². The van der Waals surface area contributed by atoms with E-state index in [1.807, 2.05) is 107 Å². The average molecular weight is 492 g/mol. The van der Waals surface area contributed by atoms with Gasteiger partial charge in [-0.15, -0.1) is 0 Å². The van der Waals surface area contributed by atoms with Crippen molar-refractivity contribution in [1.29, 1.82) is 0 Å². The third-order valence-corrected chi connectivity index (χ3v) is 5.19. The highest BCUT2D eigenvalue weighted by Gasteiger charge is 2.07. The number of anilines is 5. The number of carbonyl (C=O) groups excluding carboxylic acids is 1. The Morgan fingerprint density at radius 1 is 0.595 bits per heavy atom. The molecule has 5 rings (SSSR count). The van der Waals surface area contributed by atoms with Gasteiger partial charge in [0, 0.05) is 58.0 Å². The normalized spacial score (nSPS) is 9.73. The van der Waals surface area contributed by atoms with Crippen LogP contribution < -0.4 is 16.0 Å². The SMILES string of the molecule is CC.CC.O=C(Nc1ccc(Nc2ccncc2)cc1)c1ccc(Nc2ccnc3ccccc23)cc1. The van der Waals surface area contributed by atoms with Crippen LogP contribution in [0.1, 0.15) is 38.1 Å². The minimum absolute atomic E-state index is 0.161. The number of nitrogens with one attached hydrogen (secondary N) is 3. The predicted octanol–water partition coefficient (Wildman–Crippen LogP) is 8.42. The molecule has 3 N–H and O–H groups in total. The topological polar surface area (TPSA) is 78.9 Å². The van der Waals surface area contributed by atoms with Crippen molar-refractivity contribution in [2.45, 2.75) is 27.7 Å². The Bertz CT molecular complexity index is 1380. The van der Waals surface area contributed by atoms with E-state index in [9.17, 15) is 4.79 Å². The molecule has 0 bridgehead atoms. The van der Waals surface area contributed by atoms with E-state index in [0.29, 0.717) is 5.56 Å². The fourth-order valence-electron chi connectivity index (χ4n) is 3.51. The number of nitrogens with zero attached hydrogens (tertiary/aromatic N) is 2. The first kappa shape index (κ1) is 26.9. The van der Waals surface area contributed by atoms with Crippen molar-refractivity contribution in [2.24, 2.45) is 0 Å². The summed E-state index contributed by atoms with van der Waals surface area (Å²) in [4.78, 5) is 21.1. The Labute approximate surface area is 218 Å². The Balaban J connectivity index is 0.000000907. The molecular formula is C31H33N5O. The first-order chi connectivity index (χ1) is 18.2. The molecule has 1 amide bonds. The quantitative estimate of drug-likeness (QED) is 0.222. The van der Waals surface area contributed by atoms with Crippen LogP contribution in [0.3, 0.4) is 0 Å². The van der Waals surface area contributed by atoms with Gasteiger partial charge in [-0.25, -0.2) is 0 Å². The second-order valence-corrected chi connectivity index (χ2v) is 7.47. The van der Waals surface area contributed by atoms with Crippen LogP contribution in [-0.2, 0) is 0 Å². The summed E-state index contributed by atoms with van der Waals surface area (Å²) in [5.41, 5.74) is 5.99. The number of aromatic nitrogens is 2. The summed E-state index contributed by atoms with van der Waals surface area (Å²) < 4.78 is 0. The Morgan fingerprint density at radius 3 is 1.86 bits per heavy atom. The number of amides is 1. The van der Waals surface area contributed by atoms with Gasteiger partial charge >= 0.3 is 0 Å². The van der Waals surface area contributed by atoms with Crippen molar-refractivity contribution in [2.75, 3.05) is 16.0 Å². The van der Waals surface area contributed by atoms with Crippen molar-refractivity contribution in [3.05, 3.63) is 115 Å². The Morgan fingerprint density at radius 2 is 1.16 bits per heavy atom. The summed E-state index contributed by atoms with van der Waals surface area (Å²) in [6.45, 7) is 8.00. The smallest absolute Gasteiger partial charge is 0.255 e. The second-order valence-electron chi connectivity index (χ2n) is 7.47. The van der Waals surface area contributed by atoms with Crippen LogP contribution in [0.4, 0.5) is 28.4 Å². The zero-order valence-corrected chi connectivity index (χ0v) is 21.7. The lowest BCUT2D eigenvalue weighted by atomic mass is 10.1. The summed E-state index contributed by atoms with van der Waals surface area (Å²) in [6.07, 6.45) is 5.25. The van der Waals surface area contributed by atoms with Gasteiger partial charge in [0.15, 0.2) is 0 Å². The standard InChI is InChI=1S/C27H21N5O.2C2H6/c33-27(32-22-11-9-20(10-12-22)30-23-13-16-28-17-14-23)19-5-7-21(8-6-19)31-26-15-18-29-25-4-2-1-3-24(25)26;2*1-2/h1-18H,(H,28,30)(H,29,31)(H,32,33);2*1-2H3. The predicted molar refractivity (Wildman–Crippen MR) is 156 cm³/mol. The van der Waals surface area contributed by atoms with Crippen LogP contribution in [0.5, 0.6) is 0 Å². The van der Waals surface area contributed by atoms with Crippen LogP contribution in [0.2, 0.25) is 0 Å². The lowest BCUT2D eigenvalue weighted by Gasteiger charge is -2.11. The number of rotatable bonds is 6. The average Bonchev–Trinajstić information content (AvgIpc) is 2.97. The van der Waals surface area contributed by atoms with Gasteiger partial charge in [-0.05, 0) is 72.8 Å². The molecule has 37 heavy (non-hydrogen) atoms. The van der Waals surface area contributed by atoms with Gasteiger partial charge in [0.1, 0.15) is 0 Å². The van der Waals surface area contributed by atoms with Gasteiger partial charge in [0.25, 0.3) is 5.91 Å². The first-order valence-corrected chi connectivity index (χ1v) is 12.5. The molecule has 0 fully saturated rings. The highest BCUT2D eigenvalue weighted by atomic mass is 16.1. The van der Waals surface area contributed by atoms with Gasteiger partial charge in [-0.3, -0.25) is 14.8 Å². The number of hydrogen-bond acceptors (Lipinski definition) is 5. The maximum atomic E-state index is 12.7. The maximum absolute atomic E-state index is 12.7. The number of pyridine rings is 2. The van der Waals surface area contributed by atoms with Crippen LogP contribution >= 0.6 is 0 Å². The first-order valence-electron chi connectivity index (χ1n) is 12.5. The molecule has 0 radical (unpaired) electrons. The molecule has 0 unspecified atom stereocenters. The second kappa shape index (κ2) is 14.0. The fourth-order valence-corrected chi connectivity index (χ4v) is 3.51. The molecule has 2 heterocycles. The van der Waals surface area contributed by atoms with E-state index in [1.165, 1.54) is 0 Å². The summed E-state index contributed by atoms with van der Waals surface area (Å²) >= 11 is 0.